The van der Waals surface area contributed by atoms with E-state index in [0.29, 0.717) is 30.8 Å². The molecular weight excluding hydrogens is 592 g/mol. The van der Waals surface area contributed by atoms with Crippen molar-refractivity contribution in [3.63, 3.8) is 0 Å². The molecule has 9 nitrogen and oxygen atoms in total. The lowest BCUT2D eigenvalue weighted by molar-refractivity contribution is -0.436. The standard InChI is InChI=1S/C38H38N4O5/c1-25(44)40-28-13-15-31-30(22-28)37(2,3)33(42(31)20-21-47-24-43)16-10-26(23-39)11-17-34-38(4,5)36-29-9-7-6-8-27(29)12-14-32(36)41(34)19-18-35(45)46/h6-17,22,24H,18-21H2,1-5H3,(H-,40,44,45,46)/p+1. The number of hydrogen-bond acceptors (Lipinski definition) is 6. The van der Waals surface area contributed by atoms with E-state index in [0.717, 1.165) is 44.7 Å². The van der Waals surface area contributed by atoms with Gasteiger partial charge in [-0.05, 0) is 72.7 Å². The zero-order valence-electron chi connectivity index (χ0n) is 27.3. The van der Waals surface area contributed by atoms with E-state index in [9.17, 15) is 24.8 Å². The predicted octanol–water partition coefficient (Wildman–Crippen LogP) is 6.51. The van der Waals surface area contributed by atoms with Crippen LogP contribution < -0.4 is 10.2 Å². The molecule has 0 radical (unpaired) electrons. The molecular formula is C38H39N4O5+. The maximum absolute atomic E-state index is 11.7. The number of nitrogens with one attached hydrogen (secondary N) is 1. The van der Waals surface area contributed by atoms with Gasteiger partial charge in [-0.1, -0.05) is 38.1 Å². The summed E-state index contributed by atoms with van der Waals surface area (Å²) in [6, 6.07) is 20.3. The van der Waals surface area contributed by atoms with Gasteiger partial charge in [-0.3, -0.25) is 14.4 Å². The number of carboxylic acids is 1. The Morgan fingerprint density at radius 3 is 2.55 bits per heavy atom. The molecule has 0 bridgehead atoms. The smallest absolute Gasteiger partial charge is 0.309 e. The summed E-state index contributed by atoms with van der Waals surface area (Å²) in [5.41, 5.74) is 5.96. The van der Waals surface area contributed by atoms with Gasteiger partial charge in [-0.2, -0.15) is 9.84 Å². The molecule has 2 heterocycles. The molecule has 5 rings (SSSR count). The van der Waals surface area contributed by atoms with E-state index < -0.39 is 16.8 Å². The van der Waals surface area contributed by atoms with E-state index in [1.165, 1.54) is 6.92 Å². The van der Waals surface area contributed by atoms with Crippen LogP contribution in [-0.4, -0.2) is 53.4 Å². The van der Waals surface area contributed by atoms with Crippen LogP contribution in [-0.2, 0) is 30.0 Å². The van der Waals surface area contributed by atoms with Crippen molar-refractivity contribution < 1.29 is 28.8 Å². The lowest BCUT2D eigenvalue weighted by atomic mass is 9.79. The number of allylic oxidation sites excluding steroid dienone is 6. The summed E-state index contributed by atoms with van der Waals surface area (Å²) in [4.78, 5) is 36.3. The van der Waals surface area contributed by atoms with Gasteiger partial charge in [0.15, 0.2) is 12.3 Å². The van der Waals surface area contributed by atoms with Crippen LogP contribution in [0.15, 0.2) is 90.2 Å². The minimum atomic E-state index is -0.878. The fourth-order valence-corrected chi connectivity index (χ4v) is 6.84. The van der Waals surface area contributed by atoms with Crippen molar-refractivity contribution in [1.29, 1.82) is 5.26 Å². The van der Waals surface area contributed by atoms with Crippen LogP contribution in [0.5, 0.6) is 0 Å². The first-order chi connectivity index (χ1) is 22.4. The lowest BCUT2D eigenvalue weighted by Crippen LogP contribution is -2.29. The molecule has 2 aliphatic heterocycles. The van der Waals surface area contributed by atoms with Crippen molar-refractivity contribution in [3.8, 4) is 6.07 Å². The van der Waals surface area contributed by atoms with E-state index in [1.807, 2.05) is 48.6 Å². The second kappa shape index (κ2) is 13.1. The van der Waals surface area contributed by atoms with Crippen molar-refractivity contribution in [2.75, 3.05) is 29.9 Å². The van der Waals surface area contributed by atoms with Crippen LogP contribution in [0.2, 0.25) is 0 Å². The molecule has 1 amide bonds. The number of amides is 1. The third-order valence-electron chi connectivity index (χ3n) is 8.99. The van der Waals surface area contributed by atoms with E-state index >= 15 is 0 Å². The monoisotopic (exact) mass is 631 g/mol. The summed E-state index contributed by atoms with van der Waals surface area (Å²) >= 11 is 0. The second-order valence-electron chi connectivity index (χ2n) is 12.8. The maximum Gasteiger partial charge on any atom is 0.309 e. The fourth-order valence-electron chi connectivity index (χ4n) is 6.84. The molecule has 3 aromatic rings. The zero-order valence-corrected chi connectivity index (χ0v) is 27.3. The normalized spacial score (nSPS) is 17.1. The number of benzene rings is 3. The molecule has 240 valence electrons. The number of nitrogens with zero attached hydrogens (tertiary/aromatic N) is 3. The molecule has 0 atom stereocenters. The number of ether oxygens (including phenoxy) is 1. The predicted molar refractivity (Wildman–Crippen MR) is 183 cm³/mol. The topological polar surface area (TPSA) is 123 Å². The Bertz CT molecular complexity index is 1940. The van der Waals surface area contributed by atoms with E-state index in [1.54, 1.807) is 12.2 Å². The first-order valence-electron chi connectivity index (χ1n) is 15.5. The third-order valence-corrected chi connectivity index (χ3v) is 8.99. The molecule has 0 saturated carbocycles. The van der Waals surface area contributed by atoms with Crippen molar-refractivity contribution in [2.24, 2.45) is 0 Å². The Labute approximate surface area is 274 Å². The molecule has 0 aromatic heterocycles. The molecule has 2 N–H and O–H groups in total. The number of carboxylic acid groups (broad SMARTS) is 1. The van der Waals surface area contributed by atoms with Gasteiger partial charge in [0, 0.05) is 47.1 Å². The van der Waals surface area contributed by atoms with Crippen molar-refractivity contribution in [1.82, 2.24) is 0 Å². The van der Waals surface area contributed by atoms with Gasteiger partial charge >= 0.3 is 5.97 Å². The molecule has 9 heteroatoms. The van der Waals surface area contributed by atoms with Gasteiger partial charge in [-0.25, -0.2) is 0 Å². The minimum absolute atomic E-state index is 0.0321. The van der Waals surface area contributed by atoms with Crippen LogP contribution in [0.25, 0.3) is 10.8 Å². The van der Waals surface area contributed by atoms with Gasteiger partial charge in [0.1, 0.15) is 13.0 Å². The van der Waals surface area contributed by atoms with Gasteiger partial charge < -0.3 is 20.1 Å². The van der Waals surface area contributed by atoms with Gasteiger partial charge in [0.25, 0.3) is 6.47 Å². The third kappa shape index (κ3) is 6.32. The van der Waals surface area contributed by atoms with Crippen LogP contribution in [0.1, 0.15) is 52.2 Å². The molecule has 2 aliphatic rings. The first-order valence-corrected chi connectivity index (χ1v) is 15.5. The van der Waals surface area contributed by atoms with Crippen molar-refractivity contribution in [3.05, 3.63) is 101 Å². The molecule has 0 fully saturated rings. The molecule has 0 unspecified atom stereocenters. The summed E-state index contributed by atoms with van der Waals surface area (Å²) in [6.07, 6.45) is 7.36. The van der Waals surface area contributed by atoms with Crippen LogP contribution in [0.3, 0.4) is 0 Å². The zero-order chi connectivity index (χ0) is 33.9. The Balaban J connectivity index is 1.55. The van der Waals surface area contributed by atoms with E-state index in [-0.39, 0.29) is 18.9 Å². The summed E-state index contributed by atoms with van der Waals surface area (Å²) < 4.78 is 7.09. The van der Waals surface area contributed by atoms with Crippen LogP contribution in [0.4, 0.5) is 17.1 Å². The summed E-state index contributed by atoms with van der Waals surface area (Å²) in [5, 5.41) is 24.8. The quantitative estimate of drug-likeness (QED) is 0.0813. The van der Waals surface area contributed by atoms with Crippen LogP contribution >= 0.6 is 0 Å². The highest BCUT2D eigenvalue weighted by atomic mass is 16.5. The number of fused-ring (bicyclic) bond motifs is 4. The molecule has 0 saturated heterocycles. The highest BCUT2D eigenvalue weighted by Crippen LogP contribution is 2.49. The van der Waals surface area contributed by atoms with E-state index in [4.69, 9.17) is 4.74 Å². The number of aliphatic carboxylic acids is 1. The van der Waals surface area contributed by atoms with Gasteiger partial charge in [-0.15, -0.1) is 0 Å². The SMILES string of the molecule is CC(=O)Nc1ccc2c(c1)C(C)(C)C(=CC=C(C#N)C=CC1=[N+](CCC(=O)O)c3ccc4ccccc4c3C1(C)C)N2CCOC=O. The lowest BCUT2D eigenvalue weighted by Gasteiger charge is -2.26. The largest absolute Gasteiger partial charge is 0.481 e. The number of nitriles is 1. The number of carbonyl (C=O) groups excluding carboxylic acids is 2. The molecule has 0 spiro atoms. The minimum Gasteiger partial charge on any atom is -0.481 e. The van der Waals surface area contributed by atoms with E-state index in [2.05, 4.69) is 66.8 Å². The average molecular weight is 632 g/mol. The summed E-state index contributed by atoms with van der Waals surface area (Å²) in [6.45, 7) is 11.2. The molecule has 47 heavy (non-hydrogen) atoms. The number of hydrogen-bond donors (Lipinski definition) is 2. The summed E-state index contributed by atoms with van der Waals surface area (Å²) in [7, 11) is 0. The van der Waals surface area contributed by atoms with Crippen molar-refractivity contribution in [2.45, 2.75) is 51.9 Å². The van der Waals surface area contributed by atoms with Crippen molar-refractivity contribution >= 4 is 51.9 Å². The fraction of sp³-hybridized carbons (Fsp3) is 0.289. The molecule has 0 aliphatic carbocycles. The Morgan fingerprint density at radius 1 is 1.09 bits per heavy atom. The number of anilines is 2. The highest BCUT2D eigenvalue weighted by Gasteiger charge is 2.45. The first kappa shape index (κ1) is 32.9. The maximum atomic E-state index is 11.7. The second-order valence-corrected chi connectivity index (χ2v) is 12.8. The Morgan fingerprint density at radius 2 is 1.85 bits per heavy atom. The Hall–Kier alpha value is -5.49. The number of carbonyl (C=O) groups is 3. The summed E-state index contributed by atoms with van der Waals surface area (Å²) in [5.74, 6) is -1.04. The van der Waals surface area contributed by atoms with Gasteiger partial charge in [0.2, 0.25) is 11.6 Å². The molecule has 3 aromatic carbocycles. The van der Waals surface area contributed by atoms with Gasteiger partial charge in [0.05, 0.1) is 23.6 Å². The van der Waals surface area contributed by atoms with Crippen LogP contribution in [0, 0.1) is 11.3 Å². The Kier molecular flexibility index (Phi) is 9.16. The highest BCUT2D eigenvalue weighted by molar-refractivity contribution is 6.08. The average Bonchev–Trinajstić information content (AvgIpc) is 3.38. The number of rotatable bonds is 11.